The third-order valence-corrected chi connectivity index (χ3v) is 6.01. The zero-order valence-electron chi connectivity index (χ0n) is 16.8. The highest BCUT2D eigenvalue weighted by atomic mass is 32.1. The number of anilines is 1. The van der Waals surface area contributed by atoms with Crippen LogP contribution in [0.3, 0.4) is 0 Å². The molecular formula is C24H22N2O4S. The summed E-state index contributed by atoms with van der Waals surface area (Å²) in [4.78, 5) is 39.8. The highest BCUT2D eigenvalue weighted by molar-refractivity contribution is 7.12. The van der Waals surface area contributed by atoms with Gasteiger partial charge in [0.15, 0.2) is 6.61 Å². The van der Waals surface area contributed by atoms with Crippen LogP contribution in [0.5, 0.6) is 0 Å². The maximum Gasteiger partial charge on any atom is 0.329 e. The van der Waals surface area contributed by atoms with E-state index in [-0.39, 0.29) is 5.91 Å². The summed E-state index contributed by atoms with van der Waals surface area (Å²) in [5.74, 6) is -1.14. The van der Waals surface area contributed by atoms with E-state index in [1.807, 2.05) is 53.9 Å². The molecule has 0 radical (unpaired) electrons. The second-order valence-electron chi connectivity index (χ2n) is 7.20. The molecule has 4 rings (SSSR count). The first-order valence-corrected chi connectivity index (χ1v) is 11.0. The molecule has 7 heteroatoms. The molecule has 0 saturated carbocycles. The molecule has 0 spiro atoms. The number of hydrogen-bond acceptors (Lipinski definition) is 5. The van der Waals surface area contributed by atoms with Gasteiger partial charge in [-0.2, -0.15) is 0 Å². The first kappa shape index (κ1) is 20.8. The average Bonchev–Trinajstić information content (AvgIpc) is 3.50. The van der Waals surface area contributed by atoms with E-state index in [0.29, 0.717) is 23.5 Å². The van der Waals surface area contributed by atoms with Crippen LogP contribution in [0.1, 0.15) is 22.5 Å². The van der Waals surface area contributed by atoms with Crippen LogP contribution >= 0.6 is 11.3 Å². The van der Waals surface area contributed by atoms with E-state index in [2.05, 4.69) is 5.32 Å². The summed E-state index contributed by atoms with van der Waals surface area (Å²) in [6.45, 7) is 0.104. The first-order chi connectivity index (χ1) is 15.1. The standard InChI is InChI=1S/C24H22N2O4S/c27-22(25-19-11-5-4-10-18(19)17-8-2-1-3-9-17)16-30-24(29)20-12-6-14-26(20)23(28)21-13-7-15-31-21/h1-5,7-11,13,15,20H,6,12,14,16H2,(H,25,27). The molecule has 1 aliphatic heterocycles. The van der Waals surface area contributed by atoms with Gasteiger partial charge in [0, 0.05) is 17.8 Å². The number of rotatable bonds is 6. The summed E-state index contributed by atoms with van der Waals surface area (Å²) in [6.07, 6.45) is 1.27. The summed E-state index contributed by atoms with van der Waals surface area (Å²) < 4.78 is 5.26. The molecule has 6 nitrogen and oxygen atoms in total. The van der Waals surface area contributed by atoms with Crippen molar-refractivity contribution in [3.8, 4) is 11.1 Å². The van der Waals surface area contributed by atoms with Crippen molar-refractivity contribution in [1.82, 2.24) is 4.90 Å². The van der Waals surface area contributed by atoms with Gasteiger partial charge >= 0.3 is 5.97 Å². The van der Waals surface area contributed by atoms with Crippen LogP contribution in [0, 0.1) is 0 Å². The van der Waals surface area contributed by atoms with Crippen molar-refractivity contribution < 1.29 is 19.1 Å². The van der Waals surface area contributed by atoms with Gasteiger partial charge in [-0.3, -0.25) is 9.59 Å². The lowest BCUT2D eigenvalue weighted by molar-refractivity contribution is -0.151. The molecule has 1 aliphatic rings. The lowest BCUT2D eigenvalue weighted by Gasteiger charge is -2.22. The molecule has 158 valence electrons. The maximum atomic E-state index is 12.6. The molecule has 31 heavy (non-hydrogen) atoms. The number of thiophene rings is 1. The zero-order valence-corrected chi connectivity index (χ0v) is 17.6. The van der Waals surface area contributed by atoms with Crippen molar-refractivity contribution in [2.75, 3.05) is 18.5 Å². The van der Waals surface area contributed by atoms with E-state index in [0.717, 1.165) is 17.5 Å². The van der Waals surface area contributed by atoms with Gasteiger partial charge < -0.3 is 15.0 Å². The van der Waals surface area contributed by atoms with Crippen LogP contribution in [-0.4, -0.2) is 41.9 Å². The Balaban J connectivity index is 1.36. The molecule has 1 fully saturated rings. The normalized spacial score (nSPS) is 15.5. The summed E-state index contributed by atoms with van der Waals surface area (Å²) in [7, 11) is 0. The van der Waals surface area contributed by atoms with Crippen LogP contribution in [0.2, 0.25) is 0 Å². The van der Waals surface area contributed by atoms with Gasteiger partial charge in [-0.15, -0.1) is 11.3 Å². The summed E-state index contributed by atoms with van der Waals surface area (Å²) in [5, 5.41) is 4.64. The molecule has 1 unspecified atom stereocenters. The second-order valence-corrected chi connectivity index (χ2v) is 8.15. The Kier molecular flexibility index (Phi) is 6.43. The topological polar surface area (TPSA) is 75.7 Å². The Morgan fingerprint density at radius 3 is 2.55 bits per heavy atom. The fraction of sp³-hybridized carbons (Fsp3) is 0.208. The highest BCUT2D eigenvalue weighted by Crippen LogP contribution is 2.27. The molecular weight excluding hydrogens is 412 g/mol. The second kappa shape index (κ2) is 9.57. The number of likely N-dealkylation sites (tertiary alicyclic amines) is 1. The minimum absolute atomic E-state index is 0.171. The van der Waals surface area contributed by atoms with Crippen LogP contribution in [0.25, 0.3) is 11.1 Å². The smallest absolute Gasteiger partial charge is 0.329 e. The number of nitrogens with one attached hydrogen (secondary N) is 1. The van der Waals surface area contributed by atoms with Crippen LogP contribution < -0.4 is 5.32 Å². The fourth-order valence-corrected chi connectivity index (χ4v) is 4.36. The van der Waals surface area contributed by atoms with Crippen molar-refractivity contribution in [2.24, 2.45) is 0 Å². The van der Waals surface area contributed by atoms with Crippen LogP contribution in [-0.2, 0) is 14.3 Å². The van der Waals surface area contributed by atoms with E-state index < -0.39 is 24.5 Å². The summed E-state index contributed by atoms with van der Waals surface area (Å²) in [5.41, 5.74) is 2.50. The molecule has 3 aromatic rings. The van der Waals surface area contributed by atoms with E-state index in [1.165, 1.54) is 16.2 Å². The van der Waals surface area contributed by atoms with E-state index in [4.69, 9.17) is 4.74 Å². The van der Waals surface area contributed by atoms with Gasteiger partial charge in [0.2, 0.25) is 0 Å². The third kappa shape index (κ3) is 4.83. The largest absolute Gasteiger partial charge is 0.454 e. The number of hydrogen-bond donors (Lipinski definition) is 1. The van der Waals surface area contributed by atoms with Gasteiger partial charge in [-0.25, -0.2) is 4.79 Å². The Bertz CT molecular complexity index is 1070. The predicted octanol–water partition coefficient (Wildman–Crippen LogP) is 4.20. The molecule has 0 bridgehead atoms. The summed E-state index contributed by atoms with van der Waals surface area (Å²) in [6, 6.07) is 20.1. The van der Waals surface area contributed by atoms with Gasteiger partial charge in [-0.05, 0) is 35.9 Å². The SMILES string of the molecule is O=C(COC(=O)C1CCCN1C(=O)c1cccs1)Nc1ccccc1-c1ccccc1. The fourth-order valence-electron chi connectivity index (χ4n) is 3.68. The monoisotopic (exact) mass is 434 g/mol. The van der Waals surface area contributed by atoms with Crippen molar-refractivity contribution in [3.63, 3.8) is 0 Å². The number of carbonyl (C=O) groups excluding carboxylic acids is 3. The zero-order chi connectivity index (χ0) is 21.6. The quantitative estimate of drug-likeness (QED) is 0.590. The number of nitrogens with zero attached hydrogens (tertiary/aromatic N) is 1. The number of benzene rings is 2. The van der Waals surface area contributed by atoms with Gasteiger partial charge in [-0.1, -0.05) is 54.6 Å². The lowest BCUT2D eigenvalue weighted by atomic mass is 10.0. The Hall–Kier alpha value is -3.45. The Labute approximate surface area is 184 Å². The van der Waals surface area contributed by atoms with Crippen molar-refractivity contribution in [1.29, 1.82) is 0 Å². The molecule has 1 aromatic heterocycles. The highest BCUT2D eigenvalue weighted by Gasteiger charge is 2.36. The molecule has 0 aliphatic carbocycles. The lowest BCUT2D eigenvalue weighted by Crippen LogP contribution is -2.41. The van der Waals surface area contributed by atoms with Gasteiger partial charge in [0.1, 0.15) is 6.04 Å². The maximum absolute atomic E-state index is 12.6. The third-order valence-electron chi connectivity index (χ3n) is 5.15. The molecule has 1 N–H and O–H groups in total. The van der Waals surface area contributed by atoms with Crippen molar-refractivity contribution in [3.05, 3.63) is 77.0 Å². The van der Waals surface area contributed by atoms with Gasteiger partial charge in [0.05, 0.1) is 4.88 Å². The summed E-state index contributed by atoms with van der Waals surface area (Å²) >= 11 is 1.34. The van der Waals surface area contributed by atoms with Crippen LogP contribution in [0.4, 0.5) is 5.69 Å². The minimum Gasteiger partial charge on any atom is -0.454 e. The average molecular weight is 435 g/mol. The molecule has 1 saturated heterocycles. The van der Waals surface area contributed by atoms with Crippen molar-refractivity contribution in [2.45, 2.75) is 18.9 Å². The van der Waals surface area contributed by atoms with E-state index in [1.54, 1.807) is 18.2 Å². The number of para-hydroxylation sites is 1. The minimum atomic E-state index is -0.654. The number of carbonyl (C=O) groups is 3. The van der Waals surface area contributed by atoms with E-state index in [9.17, 15) is 14.4 Å². The molecule has 2 aromatic carbocycles. The molecule has 1 atom stereocenters. The molecule has 2 amide bonds. The van der Waals surface area contributed by atoms with Gasteiger partial charge in [0.25, 0.3) is 11.8 Å². The van der Waals surface area contributed by atoms with E-state index >= 15 is 0 Å². The van der Waals surface area contributed by atoms with Crippen molar-refractivity contribution >= 4 is 34.8 Å². The Morgan fingerprint density at radius 2 is 1.77 bits per heavy atom. The number of esters is 1. The van der Waals surface area contributed by atoms with Crippen LogP contribution in [0.15, 0.2) is 72.1 Å². The molecule has 2 heterocycles. The predicted molar refractivity (Wildman–Crippen MR) is 120 cm³/mol. The number of ether oxygens (including phenoxy) is 1. The first-order valence-electron chi connectivity index (χ1n) is 10.1. The Morgan fingerprint density at radius 1 is 1.00 bits per heavy atom. The number of amides is 2.